The van der Waals surface area contributed by atoms with Crippen LogP contribution >= 0.6 is 15.9 Å². The van der Waals surface area contributed by atoms with Crippen molar-refractivity contribution in [2.45, 2.75) is 26.2 Å². The number of carbonyl (C=O) groups is 2. The zero-order valence-corrected chi connectivity index (χ0v) is 12.8. The van der Waals surface area contributed by atoms with Gasteiger partial charge in [0.2, 0.25) is 5.91 Å². The van der Waals surface area contributed by atoms with E-state index >= 15 is 0 Å². The molecule has 2 rings (SSSR count). The van der Waals surface area contributed by atoms with Gasteiger partial charge >= 0.3 is 5.97 Å². The number of nitrogens with zero attached hydrogens (tertiary/aromatic N) is 1. The molecule has 1 heterocycles. The van der Waals surface area contributed by atoms with E-state index in [-0.39, 0.29) is 5.91 Å². The van der Waals surface area contributed by atoms with Crippen molar-refractivity contribution in [2.75, 3.05) is 5.32 Å². The van der Waals surface area contributed by atoms with Crippen molar-refractivity contribution < 1.29 is 14.7 Å². The molecule has 3 unspecified atom stereocenters. The Morgan fingerprint density at radius 1 is 1.40 bits per heavy atom. The molecule has 5 nitrogen and oxygen atoms in total. The van der Waals surface area contributed by atoms with Crippen molar-refractivity contribution in [1.82, 2.24) is 4.98 Å². The lowest BCUT2D eigenvalue weighted by atomic mass is 9.95. The summed E-state index contributed by atoms with van der Waals surface area (Å²) in [6, 6.07) is 3.46. The minimum atomic E-state index is -0.880. The van der Waals surface area contributed by atoms with E-state index in [4.69, 9.17) is 0 Å². The summed E-state index contributed by atoms with van der Waals surface area (Å²) in [5.41, 5.74) is 0.585. The predicted molar refractivity (Wildman–Crippen MR) is 78.2 cm³/mol. The third-order valence-corrected chi connectivity index (χ3v) is 4.36. The van der Waals surface area contributed by atoms with Gasteiger partial charge in [0.25, 0.3) is 0 Å². The molecule has 3 atom stereocenters. The van der Waals surface area contributed by atoms with Gasteiger partial charge in [-0.05, 0) is 46.8 Å². The van der Waals surface area contributed by atoms with Gasteiger partial charge in [-0.25, -0.2) is 4.98 Å². The number of aromatic nitrogens is 1. The largest absolute Gasteiger partial charge is 0.481 e. The molecule has 0 saturated heterocycles. The van der Waals surface area contributed by atoms with E-state index in [0.717, 1.165) is 6.42 Å². The van der Waals surface area contributed by atoms with Gasteiger partial charge in [-0.1, -0.05) is 13.3 Å². The lowest BCUT2D eigenvalue weighted by Crippen LogP contribution is -2.30. The van der Waals surface area contributed by atoms with Crippen molar-refractivity contribution in [2.24, 2.45) is 17.8 Å². The minimum absolute atomic E-state index is 0.225. The predicted octanol–water partition coefficient (Wildman–Crippen LogP) is 2.92. The van der Waals surface area contributed by atoms with E-state index in [9.17, 15) is 14.7 Å². The number of hydrogen-bond donors (Lipinski definition) is 2. The number of rotatable bonds is 4. The van der Waals surface area contributed by atoms with Gasteiger partial charge < -0.3 is 10.4 Å². The zero-order valence-electron chi connectivity index (χ0n) is 11.2. The fourth-order valence-corrected chi connectivity index (χ4v) is 2.96. The minimum Gasteiger partial charge on any atom is -0.481 e. The molecular formula is C14H17BrN2O3. The van der Waals surface area contributed by atoms with Gasteiger partial charge in [-0.3, -0.25) is 9.59 Å². The Morgan fingerprint density at radius 3 is 2.65 bits per heavy atom. The number of aliphatic carboxylic acids is 1. The summed E-state index contributed by atoms with van der Waals surface area (Å²) in [7, 11) is 0. The summed E-state index contributed by atoms with van der Waals surface area (Å²) in [6.45, 7) is 2.03. The summed E-state index contributed by atoms with van der Waals surface area (Å²) >= 11 is 3.22. The number of pyridine rings is 1. The van der Waals surface area contributed by atoms with Crippen LogP contribution in [0.1, 0.15) is 26.2 Å². The van der Waals surface area contributed by atoms with Gasteiger partial charge in [-0.15, -0.1) is 0 Å². The third-order valence-electron chi connectivity index (χ3n) is 3.89. The highest BCUT2D eigenvalue weighted by atomic mass is 79.9. The average molecular weight is 341 g/mol. The molecule has 0 radical (unpaired) electrons. The molecule has 1 fully saturated rings. The summed E-state index contributed by atoms with van der Waals surface area (Å²) in [6.07, 6.45) is 3.68. The van der Waals surface area contributed by atoms with Crippen LogP contribution in [0.4, 0.5) is 5.69 Å². The van der Waals surface area contributed by atoms with Crippen molar-refractivity contribution in [1.29, 1.82) is 0 Å². The van der Waals surface area contributed by atoms with E-state index in [0.29, 0.717) is 29.1 Å². The molecule has 0 aliphatic heterocycles. The molecule has 108 valence electrons. The van der Waals surface area contributed by atoms with Crippen LogP contribution in [-0.4, -0.2) is 22.0 Å². The normalized spacial score (nSPS) is 25.4. The highest BCUT2D eigenvalue weighted by molar-refractivity contribution is 9.10. The number of amides is 1. The van der Waals surface area contributed by atoms with E-state index in [1.54, 1.807) is 18.3 Å². The Kier molecular flexibility index (Phi) is 4.75. The highest BCUT2D eigenvalue weighted by Gasteiger charge is 2.42. The Balaban J connectivity index is 2.07. The Morgan fingerprint density at radius 2 is 2.10 bits per heavy atom. The number of halogens is 1. The summed E-state index contributed by atoms with van der Waals surface area (Å²) < 4.78 is 0.686. The second-order valence-corrected chi connectivity index (χ2v) is 5.97. The second-order valence-electron chi connectivity index (χ2n) is 5.16. The average Bonchev–Trinajstić information content (AvgIpc) is 2.86. The van der Waals surface area contributed by atoms with Crippen LogP contribution in [0.3, 0.4) is 0 Å². The summed E-state index contributed by atoms with van der Waals surface area (Å²) in [5.74, 6) is -1.83. The monoisotopic (exact) mass is 340 g/mol. The van der Waals surface area contributed by atoms with Crippen molar-refractivity contribution >= 4 is 33.5 Å². The molecule has 2 N–H and O–H groups in total. The van der Waals surface area contributed by atoms with Gasteiger partial charge in [0, 0.05) is 0 Å². The van der Waals surface area contributed by atoms with E-state index in [1.165, 1.54) is 0 Å². The topological polar surface area (TPSA) is 79.3 Å². The number of carboxylic acid groups (broad SMARTS) is 1. The van der Waals surface area contributed by atoms with Crippen molar-refractivity contribution in [3.05, 3.63) is 22.9 Å². The van der Waals surface area contributed by atoms with Crippen LogP contribution < -0.4 is 5.32 Å². The molecule has 20 heavy (non-hydrogen) atoms. The van der Waals surface area contributed by atoms with Crippen LogP contribution in [0.25, 0.3) is 0 Å². The molecule has 1 amide bonds. The van der Waals surface area contributed by atoms with Crippen molar-refractivity contribution in [3.8, 4) is 0 Å². The number of hydrogen-bond acceptors (Lipinski definition) is 3. The zero-order chi connectivity index (χ0) is 14.7. The highest BCUT2D eigenvalue weighted by Crippen LogP contribution is 2.39. The maximum atomic E-state index is 12.3. The SMILES string of the molecule is CCC1CC(C(=O)O)C(C(=O)Nc2ccc(Br)nc2)C1. The quantitative estimate of drug-likeness (QED) is 0.826. The van der Waals surface area contributed by atoms with Crippen LogP contribution in [0.5, 0.6) is 0 Å². The number of nitrogens with one attached hydrogen (secondary N) is 1. The Hall–Kier alpha value is -1.43. The van der Waals surface area contributed by atoms with Gasteiger partial charge in [-0.2, -0.15) is 0 Å². The van der Waals surface area contributed by atoms with E-state index in [2.05, 4.69) is 26.2 Å². The van der Waals surface area contributed by atoms with Crippen LogP contribution in [0.2, 0.25) is 0 Å². The number of anilines is 1. The van der Waals surface area contributed by atoms with E-state index < -0.39 is 17.8 Å². The number of carbonyl (C=O) groups excluding carboxylic acids is 1. The van der Waals surface area contributed by atoms with Gasteiger partial charge in [0.15, 0.2) is 0 Å². The second kappa shape index (κ2) is 6.35. The fraction of sp³-hybridized carbons (Fsp3) is 0.500. The molecule has 0 spiro atoms. The lowest BCUT2D eigenvalue weighted by molar-refractivity contribution is -0.145. The molecule has 1 aromatic rings. The smallest absolute Gasteiger partial charge is 0.307 e. The van der Waals surface area contributed by atoms with E-state index in [1.807, 2.05) is 6.92 Å². The fourth-order valence-electron chi connectivity index (χ4n) is 2.72. The molecule has 0 aromatic carbocycles. The Labute approximate surface area is 125 Å². The van der Waals surface area contributed by atoms with Crippen LogP contribution in [0.15, 0.2) is 22.9 Å². The molecule has 6 heteroatoms. The molecule has 1 aromatic heterocycles. The first-order valence-corrected chi connectivity index (χ1v) is 7.45. The first-order valence-electron chi connectivity index (χ1n) is 6.66. The lowest BCUT2D eigenvalue weighted by Gasteiger charge is -2.15. The molecule has 1 saturated carbocycles. The Bertz CT molecular complexity index is 504. The molecular weight excluding hydrogens is 324 g/mol. The van der Waals surface area contributed by atoms with Gasteiger partial charge in [0.05, 0.1) is 23.7 Å². The number of carboxylic acids is 1. The summed E-state index contributed by atoms with van der Waals surface area (Å²) in [5, 5.41) is 12.0. The van der Waals surface area contributed by atoms with Crippen LogP contribution in [0, 0.1) is 17.8 Å². The molecule has 0 bridgehead atoms. The summed E-state index contributed by atoms with van der Waals surface area (Å²) in [4.78, 5) is 27.6. The van der Waals surface area contributed by atoms with Gasteiger partial charge in [0.1, 0.15) is 4.60 Å². The standard InChI is InChI=1S/C14H17BrN2O3/c1-2-8-5-10(11(6-8)14(19)20)13(18)17-9-3-4-12(15)16-7-9/h3-4,7-8,10-11H,2,5-6H2,1H3,(H,17,18)(H,19,20). The maximum Gasteiger partial charge on any atom is 0.307 e. The molecule has 1 aliphatic rings. The first-order chi connectivity index (χ1) is 9.51. The maximum absolute atomic E-state index is 12.3. The van der Waals surface area contributed by atoms with Crippen LogP contribution in [-0.2, 0) is 9.59 Å². The van der Waals surface area contributed by atoms with Crippen molar-refractivity contribution in [3.63, 3.8) is 0 Å². The first kappa shape index (κ1) is 15.0. The molecule has 1 aliphatic carbocycles. The third kappa shape index (κ3) is 3.36.